The number of ether oxygens (including phenoxy) is 1. The Kier molecular flexibility index (Phi) is 6.69. The van der Waals surface area contributed by atoms with Gasteiger partial charge in [0.05, 0.1) is 6.54 Å². The Morgan fingerprint density at radius 2 is 2.00 bits per heavy atom. The number of alkyl halides is 3. The third-order valence-corrected chi connectivity index (χ3v) is 3.82. The van der Waals surface area contributed by atoms with Gasteiger partial charge in [0.15, 0.2) is 12.6 Å². The highest BCUT2D eigenvalue weighted by Crippen LogP contribution is 2.18. The second-order valence-corrected chi connectivity index (χ2v) is 5.94. The molecule has 1 aromatic heterocycles. The van der Waals surface area contributed by atoms with Crippen LogP contribution in [0.1, 0.15) is 44.1 Å². The van der Waals surface area contributed by atoms with Crippen LogP contribution in [0.15, 0.2) is 23.3 Å². The first-order chi connectivity index (χ1) is 11.4. The number of rotatable bonds is 5. The van der Waals surface area contributed by atoms with Crippen molar-refractivity contribution >= 4 is 5.96 Å². The van der Waals surface area contributed by atoms with E-state index in [1.165, 1.54) is 37.9 Å². The highest BCUT2D eigenvalue weighted by Gasteiger charge is 2.28. The van der Waals surface area contributed by atoms with Crippen LogP contribution in [0.3, 0.4) is 0 Å². The molecule has 1 fully saturated rings. The predicted molar refractivity (Wildman–Crippen MR) is 85.7 cm³/mol. The molecule has 134 valence electrons. The standard InChI is InChI=1S/C16H23F3N4O/c17-16(18,19)11-24-14-9-12(7-8-21-14)10-22-15(20)23-13-5-3-1-2-4-6-13/h7-9,13H,1-6,10-11H2,(H3,20,22,23). The number of nitrogens with one attached hydrogen (secondary N) is 1. The lowest BCUT2D eigenvalue weighted by atomic mass is 10.1. The fraction of sp³-hybridized carbons (Fsp3) is 0.625. The molecule has 2 rings (SSSR count). The second-order valence-electron chi connectivity index (χ2n) is 5.94. The topological polar surface area (TPSA) is 72.5 Å². The molecule has 0 aliphatic heterocycles. The lowest BCUT2D eigenvalue weighted by molar-refractivity contribution is -0.154. The maximum atomic E-state index is 12.1. The second kappa shape index (κ2) is 8.75. The van der Waals surface area contributed by atoms with Gasteiger partial charge in [-0.3, -0.25) is 0 Å². The molecule has 0 amide bonds. The Morgan fingerprint density at radius 3 is 2.67 bits per heavy atom. The van der Waals surface area contributed by atoms with Crippen LogP contribution in [-0.4, -0.2) is 29.8 Å². The number of hydrogen-bond acceptors (Lipinski definition) is 3. The molecule has 1 aliphatic carbocycles. The summed E-state index contributed by atoms with van der Waals surface area (Å²) in [6.07, 6.45) is 4.07. The first-order valence-corrected chi connectivity index (χ1v) is 8.13. The molecule has 24 heavy (non-hydrogen) atoms. The maximum absolute atomic E-state index is 12.1. The quantitative estimate of drug-likeness (QED) is 0.489. The summed E-state index contributed by atoms with van der Waals surface area (Å²) in [6, 6.07) is 3.45. The molecule has 0 atom stereocenters. The molecule has 1 aliphatic rings. The Hall–Kier alpha value is -1.99. The first-order valence-electron chi connectivity index (χ1n) is 8.13. The summed E-state index contributed by atoms with van der Waals surface area (Å²) in [4.78, 5) is 8.00. The lowest BCUT2D eigenvalue weighted by Crippen LogP contribution is -2.39. The summed E-state index contributed by atoms with van der Waals surface area (Å²) in [6.45, 7) is -1.10. The minimum atomic E-state index is -4.39. The van der Waals surface area contributed by atoms with E-state index in [9.17, 15) is 13.2 Å². The lowest BCUT2D eigenvalue weighted by Gasteiger charge is -2.16. The Morgan fingerprint density at radius 1 is 1.29 bits per heavy atom. The third-order valence-electron chi connectivity index (χ3n) is 3.82. The van der Waals surface area contributed by atoms with Crippen molar-refractivity contribution in [3.63, 3.8) is 0 Å². The van der Waals surface area contributed by atoms with E-state index in [4.69, 9.17) is 5.73 Å². The number of nitrogens with two attached hydrogens (primary N) is 1. The number of aromatic nitrogens is 1. The predicted octanol–water partition coefficient (Wildman–Crippen LogP) is 3.15. The summed E-state index contributed by atoms with van der Waals surface area (Å²) < 4.78 is 41.1. The van der Waals surface area contributed by atoms with Crippen LogP contribution < -0.4 is 15.8 Å². The van der Waals surface area contributed by atoms with E-state index in [-0.39, 0.29) is 12.4 Å². The van der Waals surface area contributed by atoms with Gasteiger partial charge < -0.3 is 15.8 Å². The highest BCUT2D eigenvalue weighted by atomic mass is 19.4. The van der Waals surface area contributed by atoms with E-state index in [2.05, 4.69) is 20.0 Å². The molecule has 0 spiro atoms. The van der Waals surface area contributed by atoms with Crippen LogP contribution in [0.4, 0.5) is 13.2 Å². The smallest absolute Gasteiger partial charge is 0.422 e. The minimum absolute atomic E-state index is 0.0738. The zero-order valence-corrected chi connectivity index (χ0v) is 13.5. The Labute approximate surface area is 139 Å². The highest BCUT2D eigenvalue weighted by molar-refractivity contribution is 5.78. The molecule has 3 N–H and O–H groups in total. The molecule has 0 radical (unpaired) electrons. The van der Waals surface area contributed by atoms with Crippen LogP contribution in [0.2, 0.25) is 0 Å². The summed E-state index contributed by atoms with van der Waals surface area (Å²) in [5, 5.41) is 3.22. The molecule has 0 unspecified atom stereocenters. The molecule has 8 heteroatoms. The Balaban J connectivity index is 1.85. The molecule has 0 aromatic carbocycles. The van der Waals surface area contributed by atoms with Crippen LogP contribution in [0.25, 0.3) is 0 Å². The summed E-state index contributed by atoms with van der Waals surface area (Å²) in [7, 11) is 0. The molecular weight excluding hydrogens is 321 g/mol. The van der Waals surface area contributed by atoms with Crippen LogP contribution in [0.5, 0.6) is 5.88 Å². The van der Waals surface area contributed by atoms with Gasteiger partial charge in [0, 0.05) is 18.3 Å². The van der Waals surface area contributed by atoms with Gasteiger partial charge in [-0.05, 0) is 24.5 Å². The van der Waals surface area contributed by atoms with Gasteiger partial charge in [-0.25, -0.2) is 9.98 Å². The molecule has 1 aromatic rings. The van der Waals surface area contributed by atoms with Crippen molar-refractivity contribution in [3.8, 4) is 5.88 Å². The largest absolute Gasteiger partial charge is 0.468 e. The van der Waals surface area contributed by atoms with Crippen LogP contribution in [-0.2, 0) is 6.54 Å². The average molecular weight is 344 g/mol. The SMILES string of the molecule is NC(=NCc1ccnc(OCC(F)(F)F)c1)NC1CCCCCC1. The molecule has 5 nitrogen and oxygen atoms in total. The first kappa shape index (κ1) is 18.4. The van der Waals surface area contributed by atoms with Crippen molar-refractivity contribution in [1.29, 1.82) is 0 Å². The van der Waals surface area contributed by atoms with Crippen LogP contribution in [0, 0.1) is 0 Å². The van der Waals surface area contributed by atoms with Crippen LogP contribution >= 0.6 is 0 Å². The number of pyridine rings is 1. The maximum Gasteiger partial charge on any atom is 0.422 e. The fourth-order valence-corrected chi connectivity index (χ4v) is 2.64. The molecule has 0 saturated heterocycles. The van der Waals surface area contributed by atoms with Crippen molar-refractivity contribution in [2.24, 2.45) is 10.7 Å². The van der Waals surface area contributed by atoms with E-state index in [0.717, 1.165) is 12.8 Å². The van der Waals surface area contributed by atoms with E-state index in [1.54, 1.807) is 6.07 Å². The van der Waals surface area contributed by atoms with Crippen molar-refractivity contribution in [2.75, 3.05) is 6.61 Å². The molecule has 1 saturated carbocycles. The monoisotopic (exact) mass is 344 g/mol. The third kappa shape index (κ3) is 7.06. The number of aliphatic imine (C=N–C) groups is 1. The summed E-state index contributed by atoms with van der Waals surface area (Å²) in [5.74, 6) is 0.284. The number of hydrogen-bond donors (Lipinski definition) is 2. The summed E-state index contributed by atoms with van der Waals surface area (Å²) >= 11 is 0. The van der Waals surface area contributed by atoms with Crippen molar-refractivity contribution in [3.05, 3.63) is 23.9 Å². The van der Waals surface area contributed by atoms with E-state index >= 15 is 0 Å². The van der Waals surface area contributed by atoms with Gasteiger partial charge in [0.2, 0.25) is 5.88 Å². The van der Waals surface area contributed by atoms with Gasteiger partial charge in [0.25, 0.3) is 0 Å². The van der Waals surface area contributed by atoms with Gasteiger partial charge in [0.1, 0.15) is 0 Å². The van der Waals surface area contributed by atoms with Gasteiger partial charge in [-0.15, -0.1) is 0 Å². The average Bonchev–Trinajstić information content (AvgIpc) is 2.79. The van der Waals surface area contributed by atoms with E-state index in [0.29, 0.717) is 17.6 Å². The van der Waals surface area contributed by atoms with Gasteiger partial charge in [-0.2, -0.15) is 13.2 Å². The zero-order chi connectivity index (χ0) is 17.4. The number of halogens is 3. The minimum Gasteiger partial charge on any atom is -0.468 e. The normalized spacial score (nSPS) is 17.4. The molecule has 0 bridgehead atoms. The van der Waals surface area contributed by atoms with Crippen molar-refractivity contribution < 1.29 is 17.9 Å². The summed E-state index contributed by atoms with van der Waals surface area (Å²) in [5.41, 5.74) is 6.59. The number of guanidine groups is 1. The van der Waals surface area contributed by atoms with Crippen molar-refractivity contribution in [1.82, 2.24) is 10.3 Å². The molecule has 1 heterocycles. The number of nitrogens with zero attached hydrogens (tertiary/aromatic N) is 2. The van der Waals surface area contributed by atoms with Gasteiger partial charge >= 0.3 is 6.18 Å². The molecular formula is C16H23F3N4O. The zero-order valence-electron chi connectivity index (χ0n) is 13.5. The Bertz CT molecular complexity index is 540. The van der Waals surface area contributed by atoms with E-state index in [1.807, 2.05) is 0 Å². The van der Waals surface area contributed by atoms with Crippen molar-refractivity contribution in [2.45, 2.75) is 57.3 Å². The van der Waals surface area contributed by atoms with E-state index < -0.39 is 12.8 Å². The van der Waals surface area contributed by atoms with Gasteiger partial charge in [-0.1, -0.05) is 25.7 Å². The fourth-order valence-electron chi connectivity index (χ4n) is 2.64.